The number of alkyl halides is 3. The molecular formula is C16H14F3NO4S. The highest BCUT2D eigenvalue weighted by atomic mass is 32.2. The molecule has 1 heterocycles. The van der Waals surface area contributed by atoms with E-state index in [4.69, 9.17) is 9.47 Å². The van der Waals surface area contributed by atoms with Crippen LogP contribution in [0, 0.1) is 0 Å². The van der Waals surface area contributed by atoms with E-state index in [9.17, 15) is 21.6 Å². The highest BCUT2D eigenvalue weighted by molar-refractivity contribution is 7.92. The minimum Gasteiger partial charge on any atom is -0.454 e. The highest BCUT2D eigenvalue weighted by Crippen LogP contribution is 2.35. The third kappa shape index (κ3) is 3.37. The molecule has 0 spiro atoms. The second kappa shape index (κ2) is 6.14. The van der Waals surface area contributed by atoms with Crippen LogP contribution >= 0.6 is 0 Å². The van der Waals surface area contributed by atoms with Gasteiger partial charge in [0, 0.05) is 11.7 Å². The van der Waals surface area contributed by atoms with E-state index in [0.29, 0.717) is 17.2 Å². The Labute approximate surface area is 142 Å². The Bertz CT molecular complexity index is 879. The van der Waals surface area contributed by atoms with E-state index in [0.717, 1.165) is 17.7 Å². The molecule has 3 rings (SSSR count). The van der Waals surface area contributed by atoms with Crippen LogP contribution in [0.4, 0.5) is 18.9 Å². The summed E-state index contributed by atoms with van der Waals surface area (Å²) in [5, 5.41) is 3.09. The predicted octanol–water partition coefficient (Wildman–Crippen LogP) is 3.88. The van der Waals surface area contributed by atoms with E-state index >= 15 is 0 Å². The van der Waals surface area contributed by atoms with Gasteiger partial charge in [0.15, 0.2) is 11.5 Å². The van der Waals surface area contributed by atoms with Gasteiger partial charge in [0.05, 0.1) is 4.90 Å². The lowest BCUT2D eigenvalue weighted by atomic mass is 10.1. The number of benzene rings is 2. The minimum atomic E-state index is -5.34. The van der Waals surface area contributed by atoms with E-state index in [1.54, 1.807) is 6.07 Å². The summed E-state index contributed by atoms with van der Waals surface area (Å²) in [6, 6.07) is 9.68. The number of rotatable bonds is 4. The summed E-state index contributed by atoms with van der Waals surface area (Å²) >= 11 is 0. The van der Waals surface area contributed by atoms with Gasteiger partial charge in [-0.25, -0.2) is 8.42 Å². The summed E-state index contributed by atoms with van der Waals surface area (Å²) in [4.78, 5) is -0.790. The third-order valence-electron chi connectivity index (χ3n) is 3.75. The number of hydrogen-bond acceptors (Lipinski definition) is 5. The Hall–Kier alpha value is -2.42. The maximum atomic E-state index is 12.5. The van der Waals surface area contributed by atoms with Crippen LogP contribution in [0.3, 0.4) is 0 Å². The molecule has 5 nitrogen and oxygen atoms in total. The van der Waals surface area contributed by atoms with Crippen LogP contribution in [-0.4, -0.2) is 20.7 Å². The smallest absolute Gasteiger partial charge is 0.454 e. The van der Waals surface area contributed by atoms with Gasteiger partial charge < -0.3 is 14.8 Å². The number of anilines is 1. The molecule has 0 aromatic heterocycles. The fraction of sp³-hybridized carbons (Fsp3) is 0.250. The standard InChI is InChI=1S/C16H14F3NO4S/c1-10(11-2-7-14-15(8-11)24-9-23-14)20-12-3-5-13(6-4-12)25(21,22)16(17,18)19/h2-8,10,20H,9H2,1H3/t10-/m1/s1. The van der Waals surface area contributed by atoms with Crippen LogP contribution in [0.2, 0.25) is 0 Å². The Morgan fingerprint density at radius 1 is 1.04 bits per heavy atom. The first-order valence-corrected chi connectivity index (χ1v) is 8.74. The first kappa shape index (κ1) is 17.4. The molecule has 25 heavy (non-hydrogen) atoms. The second-order valence-corrected chi connectivity index (χ2v) is 7.39. The van der Waals surface area contributed by atoms with Crippen molar-refractivity contribution in [1.82, 2.24) is 0 Å². The molecule has 1 N–H and O–H groups in total. The molecule has 0 saturated heterocycles. The molecular weight excluding hydrogens is 359 g/mol. The molecule has 2 aromatic carbocycles. The van der Waals surface area contributed by atoms with Gasteiger partial charge in [0.1, 0.15) is 0 Å². The van der Waals surface area contributed by atoms with Gasteiger partial charge in [0.2, 0.25) is 6.79 Å². The van der Waals surface area contributed by atoms with Gasteiger partial charge in [-0.3, -0.25) is 0 Å². The van der Waals surface area contributed by atoms with Gasteiger partial charge >= 0.3 is 5.51 Å². The lowest BCUT2D eigenvalue weighted by Crippen LogP contribution is -2.23. The van der Waals surface area contributed by atoms with Crippen LogP contribution in [0.25, 0.3) is 0 Å². The van der Waals surface area contributed by atoms with E-state index < -0.39 is 20.2 Å². The van der Waals surface area contributed by atoms with E-state index in [-0.39, 0.29) is 12.8 Å². The molecule has 9 heteroatoms. The molecule has 0 amide bonds. The summed E-state index contributed by atoms with van der Waals surface area (Å²) < 4.78 is 70.8. The monoisotopic (exact) mass is 373 g/mol. The van der Waals surface area contributed by atoms with Crippen molar-refractivity contribution < 1.29 is 31.1 Å². The molecule has 0 bridgehead atoms. The topological polar surface area (TPSA) is 64.6 Å². The SMILES string of the molecule is C[C@@H](Nc1ccc(S(=O)(=O)C(F)(F)F)cc1)c1ccc2c(c1)OCO2. The van der Waals surface area contributed by atoms with Crippen molar-refractivity contribution in [1.29, 1.82) is 0 Å². The van der Waals surface area contributed by atoms with Crippen molar-refractivity contribution in [3.8, 4) is 11.5 Å². The molecule has 2 aromatic rings. The molecule has 0 fully saturated rings. The van der Waals surface area contributed by atoms with Gasteiger partial charge in [-0.1, -0.05) is 6.07 Å². The lowest BCUT2D eigenvalue weighted by Gasteiger charge is -2.16. The molecule has 1 aliphatic heterocycles. The fourth-order valence-electron chi connectivity index (χ4n) is 2.38. The first-order valence-electron chi connectivity index (χ1n) is 7.26. The largest absolute Gasteiger partial charge is 0.501 e. The van der Waals surface area contributed by atoms with Crippen LogP contribution in [0.15, 0.2) is 47.4 Å². The number of ether oxygens (including phenoxy) is 2. The van der Waals surface area contributed by atoms with Crippen molar-refractivity contribution in [2.24, 2.45) is 0 Å². The molecule has 0 unspecified atom stereocenters. The van der Waals surface area contributed by atoms with Crippen LogP contribution in [0.5, 0.6) is 11.5 Å². The third-order valence-corrected chi connectivity index (χ3v) is 5.25. The van der Waals surface area contributed by atoms with Crippen molar-refractivity contribution >= 4 is 15.5 Å². The van der Waals surface area contributed by atoms with E-state index in [1.165, 1.54) is 12.1 Å². The summed E-state index contributed by atoms with van der Waals surface area (Å²) in [7, 11) is -5.34. The number of sulfone groups is 1. The Balaban J connectivity index is 1.75. The highest BCUT2D eigenvalue weighted by Gasteiger charge is 2.46. The molecule has 0 radical (unpaired) electrons. The van der Waals surface area contributed by atoms with Crippen LogP contribution < -0.4 is 14.8 Å². The molecule has 1 atom stereocenters. The van der Waals surface area contributed by atoms with E-state index in [2.05, 4.69) is 5.32 Å². The average molecular weight is 373 g/mol. The van der Waals surface area contributed by atoms with E-state index in [1.807, 2.05) is 19.1 Å². The first-order chi connectivity index (χ1) is 11.7. The van der Waals surface area contributed by atoms with Gasteiger partial charge in [-0.2, -0.15) is 13.2 Å². The summed E-state index contributed by atoms with van der Waals surface area (Å²) in [5.41, 5.74) is -3.94. The number of hydrogen-bond donors (Lipinski definition) is 1. The summed E-state index contributed by atoms with van der Waals surface area (Å²) in [5.74, 6) is 1.27. The van der Waals surface area contributed by atoms with Crippen molar-refractivity contribution in [3.05, 3.63) is 48.0 Å². The lowest BCUT2D eigenvalue weighted by molar-refractivity contribution is -0.0436. The minimum absolute atomic E-state index is 0.162. The molecule has 0 saturated carbocycles. The fourth-order valence-corrected chi connectivity index (χ4v) is 3.14. The quantitative estimate of drug-likeness (QED) is 0.881. The van der Waals surface area contributed by atoms with Crippen molar-refractivity contribution in [3.63, 3.8) is 0 Å². The Kier molecular flexibility index (Phi) is 4.28. The second-order valence-electron chi connectivity index (χ2n) is 5.45. The summed E-state index contributed by atoms with van der Waals surface area (Å²) in [6.45, 7) is 2.02. The molecule has 134 valence electrons. The number of nitrogens with one attached hydrogen (secondary N) is 1. The Morgan fingerprint density at radius 3 is 2.32 bits per heavy atom. The normalized spacial score (nSPS) is 15.0. The zero-order valence-electron chi connectivity index (χ0n) is 13.0. The maximum Gasteiger partial charge on any atom is 0.501 e. The van der Waals surface area contributed by atoms with Gasteiger partial charge in [-0.15, -0.1) is 0 Å². The van der Waals surface area contributed by atoms with Gasteiger partial charge in [-0.05, 0) is 48.9 Å². The zero-order chi connectivity index (χ0) is 18.2. The Morgan fingerprint density at radius 2 is 1.68 bits per heavy atom. The number of halogens is 3. The van der Waals surface area contributed by atoms with Crippen LogP contribution in [-0.2, 0) is 9.84 Å². The maximum absolute atomic E-state index is 12.5. The van der Waals surface area contributed by atoms with Crippen molar-refractivity contribution in [2.45, 2.75) is 23.4 Å². The zero-order valence-corrected chi connectivity index (χ0v) is 13.8. The van der Waals surface area contributed by atoms with Crippen molar-refractivity contribution in [2.75, 3.05) is 12.1 Å². The molecule has 0 aliphatic carbocycles. The number of fused-ring (bicyclic) bond motifs is 1. The average Bonchev–Trinajstić information content (AvgIpc) is 3.01. The predicted molar refractivity (Wildman–Crippen MR) is 84.3 cm³/mol. The molecule has 1 aliphatic rings. The van der Waals surface area contributed by atoms with Gasteiger partial charge in [0.25, 0.3) is 9.84 Å². The van der Waals surface area contributed by atoms with Crippen LogP contribution in [0.1, 0.15) is 18.5 Å². The summed E-state index contributed by atoms with van der Waals surface area (Å²) in [6.07, 6.45) is 0.